The summed E-state index contributed by atoms with van der Waals surface area (Å²) in [5.41, 5.74) is 6.65. The van der Waals surface area contributed by atoms with E-state index in [1.165, 1.54) is 0 Å². The zero-order valence-corrected chi connectivity index (χ0v) is 10.6. The zero-order valence-electron chi connectivity index (χ0n) is 10.6. The molecule has 1 rings (SSSR count). The minimum Gasteiger partial charge on any atom is -0.399 e. The Bertz CT molecular complexity index is 385. The van der Waals surface area contributed by atoms with Crippen molar-refractivity contribution in [3.63, 3.8) is 0 Å². The van der Waals surface area contributed by atoms with E-state index in [9.17, 15) is 9.90 Å². The minimum atomic E-state index is -0.537. The molecule has 0 aliphatic heterocycles. The van der Waals surface area contributed by atoms with Crippen LogP contribution in [0.2, 0.25) is 0 Å². The lowest BCUT2D eigenvalue weighted by Crippen LogP contribution is -2.48. The summed E-state index contributed by atoms with van der Waals surface area (Å²) in [7, 11) is 1.70. The molecule has 4 heteroatoms. The number of carbonyl (C=O) groups excluding carboxylic acids is 1. The topological polar surface area (TPSA) is 66.6 Å². The Morgan fingerprint density at radius 2 is 1.88 bits per heavy atom. The molecule has 0 unspecified atom stereocenters. The normalized spacial score (nSPS) is 11.3. The van der Waals surface area contributed by atoms with Gasteiger partial charge in [0.2, 0.25) is 5.91 Å². The Morgan fingerprint density at radius 3 is 2.35 bits per heavy atom. The van der Waals surface area contributed by atoms with Gasteiger partial charge < -0.3 is 15.7 Å². The van der Waals surface area contributed by atoms with Crippen molar-refractivity contribution in [1.82, 2.24) is 4.90 Å². The molecule has 0 aliphatic carbocycles. The van der Waals surface area contributed by atoms with Crippen molar-refractivity contribution >= 4 is 11.6 Å². The maximum atomic E-state index is 12.0. The first-order valence-electron chi connectivity index (χ1n) is 5.59. The molecule has 17 heavy (non-hydrogen) atoms. The number of rotatable bonds is 4. The number of amides is 1. The maximum Gasteiger partial charge on any atom is 0.227 e. The van der Waals surface area contributed by atoms with E-state index >= 15 is 0 Å². The van der Waals surface area contributed by atoms with Gasteiger partial charge >= 0.3 is 0 Å². The summed E-state index contributed by atoms with van der Waals surface area (Å²) >= 11 is 0. The van der Waals surface area contributed by atoms with Crippen LogP contribution in [0.25, 0.3) is 0 Å². The fraction of sp³-hybridized carbons (Fsp3) is 0.462. The third kappa shape index (κ3) is 3.46. The van der Waals surface area contributed by atoms with E-state index in [-0.39, 0.29) is 12.5 Å². The van der Waals surface area contributed by atoms with Crippen molar-refractivity contribution in [2.75, 3.05) is 19.4 Å². The quantitative estimate of drug-likeness (QED) is 0.768. The monoisotopic (exact) mass is 236 g/mol. The molecule has 0 saturated carbocycles. The summed E-state index contributed by atoms with van der Waals surface area (Å²) in [4.78, 5) is 13.6. The summed E-state index contributed by atoms with van der Waals surface area (Å²) in [5.74, 6) is -0.0196. The van der Waals surface area contributed by atoms with Crippen molar-refractivity contribution in [2.45, 2.75) is 25.8 Å². The molecule has 0 aliphatic rings. The lowest BCUT2D eigenvalue weighted by Gasteiger charge is -2.34. The number of hydrogen-bond acceptors (Lipinski definition) is 3. The standard InChI is InChI=1S/C13H20N2O2/c1-13(2,9-16)15(3)12(17)8-10-4-6-11(14)7-5-10/h4-7,16H,8-9,14H2,1-3H3. The Hall–Kier alpha value is -1.55. The van der Waals surface area contributed by atoms with Crippen molar-refractivity contribution in [3.05, 3.63) is 29.8 Å². The van der Waals surface area contributed by atoms with Gasteiger partial charge in [-0.1, -0.05) is 12.1 Å². The predicted molar refractivity (Wildman–Crippen MR) is 68.5 cm³/mol. The highest BCUT2D eigenvalue weighted by molar-refractivity contribution is 5.79. The second kappa shape index (κ2) is 5.19. The molecule has 94 valence electrons. The second-order valence-corrected chi connectivity index (χ2v) is 4.84. The van der Waals surface area contributed by atoms with Crippen LogP contribution in [0.5, 0.6) is 0 Å². The highest BCUT2D eigenvalue weighted by atomic mass is 16.3. The molecular formula is C13H20N2O2. The number of nitrogens with two attached hydrogens (primary N) is 1. The molecule has 1 aromatic rings. The lowest BCUT2D eigenvalue weighted by molar-refractivity contribution is -0.135. The van der Waals surface area contributed by atoms with Crippen molar-refractivity contribution < 1.29 is 9.90 Å². The van der Waals surface area contributed by atoms with Gasteiger partial charge in [-0.3, -0.25) is 4.79 Å². The van der Waals surface area contributed by atoms with Gasteiger partial charge in [0.05, 0.1) is 18.6 Å². The van der Waals surface area contributed by atoms with E-state index in [1.807, 2.05) is 26.0 Å². The lowest BCUT2D eigenvalue weighted by atomic mass is 10.0. The molecule has 3 N–H and O–H groups in total. The number of nitrogens with zero attached hydrogens (tertiary/aromatic N) is 1. The molecule has 0 fully saturated rings. The SMILES string of the molecule is CN(C(=O)Cc1ccc(N)cc1)C(C)(C)CO. The van der Waals surface area contributed by atoms with Gasteiger partial charge in [0.1, 0.15) is 0 Å². The van der Waals surface area contributed by atoms with Gasteiger partial charge in [0.15, 0.2) is 0 Å². The number of aliphatic hydroxyl groups excluding tert-OH is 1. The number of aliphatic hydroxyl groups is 1. The Morgan fingerprint density at radius 1 is 1.35 bits per heavy atom. The number of anilines is 1. The van der Waals surface area contributed by atoms with Crippen LogP contribution < -0.4 is 5.73 Å². The fourth-order valence-corrected chi connectivity index (χ4v) is 1.37. The molecular weight excluding hydrogens is 216 g/mol. The van der Waals surface area contributed by atoms with Gasteiger partial charge in [-0.2, -0.15) is 0 Å². The summed E-state index contributed by atoms with van der Waals surface area (Å²) in [6.07, 6.45) is 0.320. The molecule has 0 heterocycles. The van der Waals surface area contributed by atoms with Gasteiger partial charge in [0, 0.05) is 12.7 Å². The first-order chi connectivity index (χ1) is 7.86. The van der Waals surface area contributed by atoms with E-state index in [0.717, 1.165) is 5.56 Å². The van der Waals surface area contributed by atoms with Crippen LogP contribution in [0.15, 0.2) is 24.3 Å². The van der Waals surface area contributed by atoms with Crippen LogP contribution >= 0.6 is 0 Å². The Balaban J connectivity index is 2.69. The van der Waals surface area contributed by atoms with Crippen LogP contribution in [-0.4, -0.2) is 35.1 Å². The van der Waals surface area contributed by atoms with E-state index in [4.69, 9.17) is 5.73 Å². The van der Waals surface area contributed by atoms with Crippen molar-refractivity contribution in [1.29, 1.82) is 0 Å². The summed E-state index contributed by atoms with van der Waals surface area (Å²) in [6.45, 7) is 3.60. The maximum absolute atomic E-state index is 12.0. The van der Waals surface area contributed by atoms with Gasteiger partial charge in [-0.05, 0) is 31.5 Å². The van der Waals surface area contributed by atoms with Crippen LogP contribution in [0.4, 0.5) is 5.69 Å². The van der Waals surface area contributed by atoms with E-state index in [0.29, 0.717) is 12.1 Å². The summed E-state index contributed by atoms with van der Waals surface area (Å²) in [6, 6.07) is 7.24. The number of carbonyl (C=O) groups is 1. The number of nitrogen functional groups attached to an aromatic ring is 1. The number of hydrogen-bond donors (Lipinski definition) is 2. The van der Waals surface area contributed by atoms with E-state index < -0.39 is 5.54 Å². The Labute approximate surface area is 102 Å². The summed E-state index contributed by atoms with van der Waals surface area (Å²) < 4.78 is 0. The third-order valence-corrected chi connectivity index (χ3v) is 3.00. The molecule has 0 saturated heterocycles. The molecule has 4 nitrogen and oxygen atoms in total. The fourth-order valence-electron chi connectivity index (χ4n) is 1.37. The largest absolute Gasteiger partial charge is 0.399 e. The molecule has 1 amide bonds. The number of benzene rings is 1. The van der Waals surface area contributed by atoms with Gasteiger partial charge in [0.25, 0.3) is 0 Å². The summed E-state index contributed by atoms with van der Waals surface area (Å²) in [5, 5.41) is 9.21. The predicted octanol–water partition coefficient (Wildman–Crippen LogP) is 1.04. The van der Waals surface area contributed by atoms with Crippen molar-refractivity contribution in [2.24, 2.45) is 0 Å². The van der Waals surface area contributed by atoms with Crippen LogP contribution in [-0.2, 0) is 11.2 Å². The molecule has 0 bridgehead atoms. The average Bonchev–Trinajstić information content (AvgIpc) is 2.31. The highest BCUT2D eigenvalue weighted by Gasteiger charge is 2.26. The van der Waals surface area contributed by atoms with Crippen LogP contribution in [0.3, 0.4) is 0 Å². The first kappa shape index (κ1) is 13.5. The number of likely N-dealkylation sites (N-methyl/N-ethyl adjacent to an activating group) is 1. The molecule has 0 radical (unpaired) electrons. The highest BCUT2D eigenvalue weighted by Crippen LogP contribution is 2.14. The Kier molecular flexibility index (Phi) is 4.12. The van der Waals surface area contributed by atoms with Crippen molar-refractivity contribution in [3.8, 4) is 0 Å². The van der Waals surface area contributed by atoms with Gasteiger partial charge in [-0.25, -0.2) is 0 Å². The van der Waals surface area contributed by atoms with E-state index in [2.05, 4.69) is 0 Å². The molecule has 0 aromatic heterocycles. The second-order valence-electron chi connectivity index (χ2n) is 4.84. The zero-order chi connectivity index (χ0) is 13.1. The molecule has 1 aromatic carbocycles. The smallest absolute Gasteiger partial charge is 0.227 e. The molecule has 0 atom stereocenters. The van der Waals surface area contributed by atoms with Crippen LogP contribution in [0, 0.1) is 0 Å². The average molecular weight is 236 g/mol. The first-order valence-corrected chi connectivity index (χ1v) is 5.59. The van der Waals surface area contributed by atoms with E-state index in [1.54, 1.807) is 24.1 Å². The van der Waals surface area contributed by atoms with Crippen LogP contribution in [0.1, 0.15) is 19.4 Å². The van der Waals surface area contributed by atoms with Gasteiger partial charge in [-0.15, -0.1) is 0 Å². The minimum absolute atomic E-state index is 0.0196. The third-order valence-electron chi connectivity index (χ3n) is 3.00. The molecule has 0 spiro atoms.